The lowest BCUT2D eigenvalue weighted by Gasteiger charge is -2.17. The van der Waals surface area contributed by atoms with Crippen molar-refractivity contribution >= 4 is 16.1 Å². The third-order valence-electron chi connectivity index (χ3n) is 4.49. The average molecular weight is 477 g/mol. The van der Waals surface area contributed by atoms with Gasteiger partial charge in [-0.1, -0.05) is 12.1 Å². The summed E-state index contributed by atoms with van der Waals surface area (Å²) in [7, 11) is -3.96. The van der Waals surface area contributed by atoms with Crippen molar-refractivity contribution in [1.29, 1.82) is 0 Å². The van der Waals surface area contributed by atoms with Crippen LogP contribution in [0.25, 0.3) is 0 Å². The second-order valence-electron chi connectivity index (χ2n) is 6.82. The van der Waals surface area contributed by atoms with Gasteiger partial charge in [0.05, 0.1) is 4.90 Å². The monoisotopic (exact) mass is 477 g/mol. The Morgan fingerprint density at radius 1 is 1.09 bits per heavy atom. The molecule has 174 valence electrons. The van der Waals surface area contributed by atoms with E-state index >= 15 is 0 Å². The van der Waals surface area contributed by atoms with E-state index in [2.05, 4.69) is 15.5 Å². The fraction of sp³-hybridized carbons (Fsp3) is 0.316. The Hall–Kier alpha value is -2.90. The molecule has 32 heavy (non-hydrogen) atoms. The number of nitrogens with one attached hydrogen (secondary N) is 2. The molecule has 2 aromatic carbocycles. The summed E-state index contributed by atoms with van der Waals surface area (Å²) in [6.45, 7) is 0.183. The number of benzene rings is 2. The first-order valence-corrected chi connectivity index (χ1v) is 10.8. The summed E-state index contributed by atoms with van der Waals surface area (Å²) in [5.41, 5.74) is 2.85. The van der Waals surface area contributed by atoms with E-state index in [4.69, 9.17) is 4.84 Å². The molecule has 1 aliphatic rings. The quantitative estimate of drug-likeness (QED) is 0.472. The number of alkyl halides is 3. The number of halogens is 4. The van der Waals surface area contributed by atoms with Gasteiger partial charge < -0.3 is 10.1 Å². The van der Waals surface area contributed by atoms with Gasteiger partial charge in [-0.15, -0.1) is 13.2 Å². The van der Waals surface area contributed by atoms with Gasteiger partial charge in [-0.2, -0.15) is 4.31 Å². The molecule has 8 nitrogen and oxygen atoms in total. The lowest BCUT2D eigenvalue weighted by molar-refractivity contribution is -0.274. The minimum Gasteiger partial charge on any atom is -0.406 e. The maximum Gasteiger partial charge on any atom is 0.573 e. The van der Waals surface area contributed by atoms with Gasteiger partial charge in [-0.3, -0.25) is 4.84 Å². The van der Waals surface area contributed by atoms with E-state index < -0.39 is 40.1 Å². The summed E-state index contributed by atoms with van der Waals surface area (Å²) in [4.78, 5) is 16.9. The van der Waals surface area contributed by atoms with Crippen LogP contribution in [0.3, 0.4) is 0 Å². The van der Waals surface area contributed by atoms with Crippen LogP contribution in [0.4, 0.5) is 22.4 Å². The van der Waals surface area contributed by atoms with Crippen LogP contribution in [-0.4, -0.2) is 44.3 Å². The second-order valence-corrected chi connectivity index (χ2v) is 8.76. The van der Waals surface area contributed by atoms with Crippen LogP contribution in [0.2, 0.25) is 0 Å². The first kappa shape index (κ1) is 23.8. The molecule has 2 amide bonds. The number of urea groups is 1. The number of rotatable bonds is 7. The Morgan fingerprint density at radius 3 is 2.38 bits per heavy atom. The van der Waals surface area contributed by atoms with Crippen molar-refractivity contribution in [2.75, 3.05) is 13.1 Å². The first-order valence-electron chi connectivity index (χ1n) is 9.33. The third kappa shape index (κ3) is 6.55. The van der Waals surface area contributed by atoms with Crippen LogP contribution in [0, 0.1) is 5.82 Å². The van der Waals surface area contributed by atoms with Crippen molar-refractivity contribution in [2.45, 2.75) is 30.3 Å². The molecule has 0 saturated carbocycles. The van der Waals surface area contributed by atoms with Crippen molar-refractivity contribution in [3.8, 4) is 5.75 Å². The Kier molecular flexibility index (Phi) is 7.21. The predicted molar refractivity (Wildman–Crippen MR) is 103 cm³/mol. The Balaban J connectivity index is 1.47. The molecule has 1 saturated heterocycles. The molecule has 0 aromatic heterocycles. The lowest BCUT2D eigenvalue weighted by atomic mass is 10.2. The average Bonchev–Trinajstić information content (AvgIpc) is 3.21. The molecular weight excluding hydrogens is 458 g/mol. The Labute approximate surface area is 181 Å². The number of ether oxygens (including phenoxy) is 1. The van der Waals surface area contributed by atoms with E-state index in [0.29, 0.717) is 12.0 Å². The maximum absolute atomic E-state index is 12.9. The molecule has 0 aliphatic carbocycles. The van der Waals surface area contributed by atoms with Crippen LogP contribution in [0.15, 0.2) is 53.4 Å². The lowest BCUT2D eigenvalue weighted by Crippen LogP contribution is -2.39. The highest BCUT2D eigenvalue weighted by Gasteiger charge is 2.34. The molecule has 0 radical (unpaired) electrons. The molecule has 3 rings (SSSR count). The number of hydroxylamine groups is 1. The molecule has 1 unspecified atom stereocenters. The van der Waals surface area contributed by atoms with Crippen molar-refractivity contribution in [2.24, 2.45) is 0 Å². The SMILES string of the molecule is O=C(NCc1ccc(F)cc1)NOC1CCN(S(=O)(=O)c2ccc(OC(F)(F)F)cc2)C1. The van der Waals surface area contributed by atoms with Crippen molar-refractivity contribution in [1.82, 2.24) is 15.1 Å². The van der Waals surface area contributed by atoms with Gasteiger partial charge >= 0.3 is 12.4 Å². The summed E-state index contributed by atoms with van der Waals surface area (Å²) in [5.74, 6) is -0.928. The number of amides is 2. The van der Waals surface area contributed by atoms with Gasteiger partial charge in [0.2, 0.25) is 10.0 Å². The highest BCUT2D eigenvalue weighted by molar-refractivity contribution is 7.89. The minimum absolute atomic E-state index is 0.0542. The van der Waals surface area contributed by atoms with Crippen molar-refractivity contribution < 1.29 is 40.3 Å². The van der Waals surface area contributed by atoms with Crippen molar-refractivity contribution in [3.05, 3.63) is 59.9 Å². The Bertz CT molecular complexity index is 1030. The van der Waals surface area contributed by atoms with Gasteiger partial charge in [0.15, 0.2) is 0 Å². The summed E-state index contributed by atoms with van der Waals surface area (Å²) in [6, 6.07) is 8.75. The molecule has 2 N–H and O–H groups in total. The summed E-state index contributed by atoms with van der Waals surface area (Å²) >= 11 is 0. The van der Waals surface area contributed by atoms with Crippen LogP contribution in [0.1, 0.15) is 12.0 Å². The Morgan fingerprint density at radius 2 is 1.75 bits per heavy atom. The molecular formula is C19H19F4N3O5S. The van der Waals surface area contributed by atoms with Gasteiger partial charge in [-0.25, -0.2) is 23.1 Å². The van der Waals surface area contributed by atoms with Gasteiger partial charge in [0.25, 0.3) is 0 Å². The number of hydrogen-bond donors (Lipinski definition) is 2. The van der Waals surface area contributed by atoms with Gasteiger partial charge in [-0.05, 0) is 48.4 Å². The molecule has 0 bridgehead atoms. The highest BCUT2D eigenvalue weighted by atomic mass is 32.2. The van der Waals surface area contributed by atoms with Gasteiger partial charge in [0.1, 0.15) is 17.7 Å². The van der Waals surface area contributed by atoms with Gasteiger partial charge in [0, 0.05) is 19.6 Å². The van der Waals surface area contributed by atoms with Crippen LogP contribution >= 0.6 is 0 Å². The van der Waals surface area contributed by atoms with E-state index in [1.54, 1.807) is 0 Å². The largest absolute Gasteiger partial charge is 0.573 e. The minimum atomic E-state index is -4.88. The topological polar surface area (TPSA) is 97.0 Å². The smallest absolute Gasteiger partial charge is 0.406 e. The normalized spacial score (nSPS) is 17.2. The van der Waals surface area contributed by atoms with E-state index in [-0.39, 0.29) is 24.5 Å². The molecule has 13 heteroatoms. The molecule has 1 fully saturated rings. The number of nitrogens with zero attached hydrogens (tertiary/aromatic N) is 1. The van der Waals surface area contributed by atoms with Crippen LogP contribution < -0.4 is 15.5 Å². The summed E-state index contributed by atoms with van der Waals surface area (Å²) in [5, 5.41) is 2.51. The first-order chi connectivity index (χ1) is 15.0. The molecule has 0 spiro atoms. The van der Waals surface area contributed by atoms with Crippen molar-refractivity contribution in [3.63, 3.8) is 0 Å². The highest BCUT2D eigenvalue weighted by Crippen LogP contribution is 2.26. The maximum atomic E-state index is 12.9. The molecule has 1 atom stereocenters. The fourth-order valence-electron chi connectivity index (χ4n) is 2.93. The van der Waals surface area contributed by atoms with E-state index in [0.717, 1.165) is 28.6 Å². The van der Waals surface area contributed by atoms with E-state index in [1.807, 2.05) is 0 Å². The number of carbonyl (C=O) groups is 1. The number of carbonyl (C=O) groups excluding carboxylic acids is 1. The number of hydrogen-bond acceptors (Lipinski definition) is 5. The van der Waals surface area contributed by atoms with Crippen LogP contribution in [0.5, 0.6) is 5.75 Å². The standard InChI is InChI=1S/C19H19F4N3O5S/c20-14-3-1-13(2-4-14)11-24-18(27)25-31-16-9-10-26(12-16)32(28,29)17-7-5-15(6-8-17)30-19(21,22)23/h1-8,16H,9-12H2,(H2,24,25,27). The summed E-state index contributed by atoms with van der Waals surface area (Å²) in [6.07, 6.45) is -5.19. The zero-order valence-corrected chi connectivity index (χ0v) is 17.2. The van der Waals surface area contributed by atoms with E-state index in [1.165, 1.54) is 24.3 Å². The molecule has 2 aromatic rings. The third-order valence-corrected chi connectivity index (χ3v) is 6.37. The summed E-state index contributed by atoms with van der Waals surface area (Å²) < 4.78 is 79.8. The fourth-order valence-corrected chi connectivity index (χ4v) is 4.42. The van der Waals surface area contributed by atoms with Crippen LogP contribution in [-0.2, 0) is 21.4 Å². The predicted octanol–water partition coefficient (Wildman–Crippen LogP) is 2.92. The zero-order chi connectivity index (χ0) is 23.4. The zero-order valence-electron chi connectivity index (χ0n) is 16.4. The second kappa shape index (κ2) is 9.71. The molecule has 1 aliphatic heterocycles. The number of sulfonamides is 1. The van der Waals surface area contributed by atoms with E-state index in [9.17, 15) is 30.8 Å². The molecule has 1 heterocycles.